The van der Waals surface area contributed by atoms with Crippen molar-refractivity contribution in [2.75, 3.05) is 5.32 Å². The Bertz CT molecular complexity index is 1080. The number of anilines is 1. The summed E-state index contributed by atoms with van der Waals surface area (Å²) in [5.41, 5.74) is 0.457. The first-order chi connectivity index (χ1) is 13.3. The summed E-state index contributed by atoms with van der Waals surface area (Å²) in [4.78, 5) is 35.8. The lowest BCUT2D eigenvalue weighted by Crippen LogP contribution is -2.24. The van der Waals surface area contributed by atoms with Crippen LogP contribution in [0.3, 0.4) is 0 Å². The third kappa shape index (κ3) is 4.20. The molecule has 0 bridgehead atoms. The summed E-state index contributed by atoms with van der Waals surface area (Å²) in [5.74, 6) is -1.12. The highest BCUT2D eigenvalue weighted by Crippen LogP contribution is 2.27. The second-order valence-corrected chi connectivity index (χ2v) is 6.42. The Hall–Kier alpha value is -3.62. The minimum atomic E-state index is -1.11. The zero-order valence-corrected chi connectivity index (χ0v) is 15.5. The van der Waals surface area contributed by atoms with E-state index in [4.69, 9.17) is 9.84 Å². The van der Waals surface area contributed by atoms with Gasteiger partial charge in [-0.05, 0) is 44.2 Å². The van der Waals surface area contributed by atoms with Crippen LogP contribution in [0.15, 0.2) is 47.4 Å². The molecule has 9 heteroatoms. The highest BCUT2D eigenvalue weighted by atomic mass is 16.5. The molecular formula is C19H20N4O5. The number of carboxylic acid groups (broad SMARTS) is 1. The molecular weight excluding hydrogens is 364 g/mol. The van der Waals surface area contributed by atoms with Gasteiger partial charge in [-0.1, -0.05) is 6.07 Å². The Morgan fingerprint density at radius 2 is 2.04 bits per heavy atom. The van der Waals surface area contributed by atoms with Gasteiger partial charge in [-0.25, -0.2) is 14.3 Å². The summed E-state index contributed by atoms with van der Waals surface area (Å²) in [7, 11) is 0. The SMILES string of the molecule is CC(C)Oc1ccc(C(=O)O)cc1NC(=O)CCn1nc2ccccn2c1=O. The van der Waals surface area contributed by atoms with Crippen LogP contribution in [0, 0.1) is 0 Å². The molecule has 0 aliphatic rings. The first-order valence-electron chi connectivity index (χ1n) is 8.73. The number of carbonyl (C=O) groups is 2. The van der Waals surface area contributed by atoms with Gasteiger partial charge in [-0.15, -0.1) is 5.10 Å². The Kier molecular flexibility index (Phi) is 5.44. The molecule has 0 aliphatic heterocycles. The quantitative estimate of drug-likeness (QED) is 0.644. The van der Waals surface area contributed by atoms with E-state index in [-0.39, 0.29) is 41.9 Å². The van der Waals surface area contributed by atoms with Crippen molar-refractivity contribution < 1.29 is 19.4 Å². The number of nitrogens with one attached hydrogen (secondary N) is 1. The van der Waals surface area contributed by atoms with Gasteiger partial charge in [-0.3, -0.25) is 9.20 Å². The van der Waals surface area contributed by atoms with E-state index < -0.39 is 5.97 Å². The van der Waals surface area contributed by atoms with Crippen LogP contribution in [0.4, 0.5) is 5.69 Å². The number of carboxylic acids is 1. The maximum absolute atomic E-state index is 12.4. The molecule has 0 spiro atoms. The fourth-order valence-corrected chi connectivity index (χ4v) is 2.65. The summed E-state index contributed by atoms with van der Waals surface area (Å²) in [6.45, 7) is 3.74. The molecule has 9 nitrogen and oxygen atoms in total. The van der Waals surface area contributed by atoms with Gasteiger partial charge in [0, 0.05) is 12.6 Å². The number of aryl methyl sites for hydroxylation is 1. The molecule has 2 heterocycles. The molecule has 0 fully saturated rings. The summed E-state index contributed by atoms with van der Waals surface area (Å²) in [6.07, 6.45) is 1.44. The molecule has 1 amide bonds. The van der Waals surface area contributed by atoms with E-state index in [1.165, 1.54) is 27.3 Å². The van der Waals surface area contributed by atoms with E-state index in [2.05, 4.69) is 10.4 Å². The van der Waals surface area contributed by atoms with Crippen LogP contribution in [-0.2, 0) is 11.3 Å². The molecule has 1 aromatic carbocycles. The van der Waals surface area contributed by atoms with Crippen LogP contribution >= 0.6 is 0 Å². The Morgan fingerprint density at radius 3 is 2.71 bits per heavy atom. The Labute approximate surface area is 160 Å². The molecule has 2 aromatic heterocycles. The zero-order chi connectivity index (χ0) is 20.3. The number of pyridine rings is 1. The van der Waals surface area contributed by atoms with Gasteiger partial charge >= 0.3 is 11.7 Å². The highest BCUT2D eigenvalue weighted by Gasteiger charge is 2.14. The van der Waals surface area contributed by atoms with Crippen LogP contribution in [-0.4, -0.2) is 37.3 Å². The Balaban J connectivity index is 1.74. The number of amides is 1. The molecule has 0 aliphatic carbocycles. The standard InChI is InChI=1S/C19H20N4O5/c1-12(2)28-15-7-6-13(18(25)26)11-14(15)20-17(24)8-10-23-19(27)22-9-4-3-5-16(22)21-23/h3-7,9,11-12H,8,10H2,1-2H3,(H,20,24)(H,25,26). The van der Waals surface area contributed by atoms with Gasteiger partial charge in [0.15, 0.2) is 5.65 Å². The van der Waals surface area contributed by atoms with E-state index >= 15 is 0 Å². The van der Waals surface area contributed by atoms with Gasteiger partial charge in [-0.2, -0.15) is 0 Å². The van der Waals surface area contributed by atoms with E-state index in [1.54, 1.807) is 24.4 Å². The number of carbonyl (C=O) groups excluding carboxylic acids is 1. The number of hydrogen-bond acceptors (Lipinski definition) is 5. The molecule has 2 N–H and O–H groups in total. The van der Waals surface area contributed by atoms with Crippen LogP contribution < -0.4 is 15.7 Å². The second-order valence-electron chi connectivity index (χ2n) is 6.42. The first kappa shape index (κ1) is 19.2. The van der Waals surface area contributed by atoms with Crippen molar-refractivity contribution in [2.45, 2.75) is 32.9 Å². The molecule has 3 aromatic rings. The number of rotatable bonds is 7. The Morgan fingerprint density at radius 1 is 1.25 bits per heavy atom. The summed E-state index contributed by atoms with van der Waals surface area (Å²) in [6, 6.07) is 9.45. The highest BCUT2D eigenvalue weighted by molar-refractivity contribution is 5.95. The van der Waals surface area contributed by atoms with Gasteiger partial charge in [0.25, 0.3) is 0 Å². The van der Waals surface area contributed by atoms with Gasteiger partial charge in [0.2, 0.25) is 5.91 Å². The number of ether oxygens (including phenoxy) is 1. The average molecular weight is 384 g/mol. The van der Waals surface area contributed by atoms with Crippen LogP contribution in [0.25, 0.3) is 5.65 Å². The van der Waals surface area contributed by atoms with Gasteiger partial charge in [0.05, 0.1) is 23.9 Å². The number of benzene rings is 1. The average Bonchev–Trinajstić information content (AvgIpc) is 2.97. The normalized spacial score (nSPS) is 11.0. The maximum Gasteiger partial charge on any atom is 0.350 e. The lowest BCUT2D eigenvalue weighted by Gasteiger charge is -2.15. The minimum Gasteiger partial charge on any atom is -0.489 e. The molecule has 0 saturated heterocycles. The third-order valence-corrected chi connectivity index (χ3v) is 3.90. The van der Waals surface area contributed by atoms with Gasteiger partial charge < -0.3 is 15.2 Å². The van der Waals surface area contributed by atoms with Crippen molar-refractivity contribution in [2.24, 2.45) is 0 Å². The van der Waals surface area contributed by atoms with Gasteiger partial charge in [0.1, 0.15) is 5.75 Å². The lowest BCUT2D eigenvalue weighted by atomic mass is 10.2. The number of hydrogen-bond donors (Lipinski definition) is 2. The predicted molar refractivity (Wildman–Crippen MR) is 102 cm³/mol. The van der Waals surface area contributed by atoms with Crippen molar-refractivity contribution in [3.05, 3.63) is 58.6 Å². The fraction of sp³-hybridized carbons (Fsp3) is 0.263. The van der Waals surface area contributed by atoms with Crippen molar-refractivity contribution in [1.82, 2.24) is 14.2 Å². The first-order valence-corrected chi connectivity index (χ1v) is 8.73. The predicted octanol–water partition coefficient (Wildman–Crippen LogP) is 2.01. The molecule has 0 radical (unpaired) electrons. The summed E-state index contributed by atoms with van der Waals surface area (Å²) >= 11 is 0. The van der Waals surface area contributed by atoms with Crippen molar-refractivity contribution in [1.29, 1.82) is 0 Å². The van der Waals surface area contributed by atoms with E-state index in [1.807, 2.05) is 13.8 Å². The maximum atomic E-state index is 12.4. The largest absolute Gasteiger partial charge is 0.489 e. The summed E-state index contributed by atoms with van der Waals surface area (Å²) in [5, 5.41) is 16.0. The van der Waals surface area contributed by atoms with Crippen LogP contribution in [0.1, 0.15) is 30.6 Å². The third-order valence-electron chi connectivity index (χ3n) is 3.90. The van der Waals surface area contributed by atoms with Crippen LogP contribution in [0.5, 0.6) is 5.75 Å². The molecule has 0 saturated carbocycles. The topological polar surface area (TPSA) is 115 Å². The molecule has 28 heavy (non-hydrogen) atoms. The molecule has 3 rings (SSSR count). The number of aromatic nitrogens is 3. The zero-order valence-electron chi connectivity index (χ0n) is 15.5. The van der Waals surface area contributed by atoms with E-state index in [0.29, 0.717) is 11.4 Å². The van der Waals surface area contributed by atoms with E-state index in [9.17, 15) is 14.4 Å². The number of aromatic carboxylic acids is 1. The minimum absolute atomic E-state index is 0.0117. The van der Waals surface area contributed by atoms with Crippen LogP contribution in [0.2, 0.25) is 0 Å². The molecule has 146 valence electrons. The monoisotopic (exact) mass is 384 g/mol. The number of nitrogens with zero attached hydrogens (tertiary/aromatic N) is 3. The summed E-state index contributed by atoms with van der Waals surface area (Å²) < 4.78 is 8.23. The second kappa shape index (κ2) is 7.95. The fourth-order valence-electron chi connectivity index (χ4n) is 2.65. The van der Waals surface area contributed by atoms with Crippen molar-refractivity contribution in [3.63, 3.8) is 0 Å². The van der Waals surface area contributed by atoms with E-state index in [0.717, 1.165) is 0 Å². The van der Waals surface area contributed by atoms with Crippen molar-refractivity contribution in [3.8, 4) is 5.75 Å². The number of fused-ring (bicyclic) bond motifs is 1. The smallest absolute Gasteiger partial charge is 0.350 e. The molecule has 0 unspecified atom stereocenters. The molecule has 0 atom stereocenters. The van der Waals surface area contributed by atoms with Crippen molar-refractivity contribution >= 4 is 23.2 Å². The lowest BCUT2D eigenvalue weighted by molar-refractivity contribution is -0.116.